The maximum Gasteiger partial charge on any atom is 0.308 e. The van der Waals surface area contributed by atoms with Crippen molar-refractivity contribution >= 4 is 5.91 Å². The summed E-state index contributed by atoms with van der Waals surface area (Å²) in [5.41, 5.74) is 1.79. The van der Waals surface area contributed by atoms with Gasteiger partial charge in [0.2, 0.25) is 11.7 Å². The van der Waals surface area contributed by atoms with Crippen LogP contribution in [0.4, 0.5) is 0 Å². The van der Waals surface area contributed by atoms with Gasteiger partial charge in [0, 0.05) is 38.9 Å². The lowest BCUT2D eigenvalue weighted by molar-refractivity contribution is -0.133. The molecule has 1 aliphatic carbocycles. The molecule has 1 aliphatic heterocycles. The summed E-state index contributed by atoms with van der Waals surface area (Å²) in [7, 11) is 5.26. The number of hydrogen-bond acceptors (Lipinski definition) is 3. The minimum Gasteiger partial charge on any atom is -0.482 e. The number of aromatic nitrogens is 2. The number of hydrogen-bond donors (Lipinski definition) is 1. The van der Waals surface area contributed by atoms with Crippen LogP contribution in [-0.4, -0.2) is 40.8 Å². The summed E-state index contributed by atoms with van der Waals surface area (Å²) in [6.45, 7) is 0. The lowest BCUT2D eigenvalue weighted by atomic mass is 9.86. The molecule has 1 saturated carbocycles. The normalized spacial score (nSPS) is 27.5. The topological polar surface area (TPSA) is 67.3 Å². The summed E-state index contributed by atoms with van der Waals surface area (Å²) in [5, 5.41) is 3.11. The molecule has 24 heavy (non-hydrogen) atoms. The third-order valence-electron chi connectivity index (χ3n) is 5.29. The van der Waals surface area contributed by atoms with Gasteiger partial charge in [-0.2, -0.15) is 0 Å². The van der Waals surface area contributed by atoms with E-state index in [0.717, 1.165) is 11.3 Å². The second kappa shape index (κ2) is 5.26. The Hall–Kier alpha value is -2.50. The number of aryl methyl sites for hydroxylation is 1. The number of nitrogens with one attached hydrogen (secondary N) is 1. The molecule has 2 aromatic rings. The van der Waals surface area contributed by atoms with E-state index in [1.807, 2.05) is 30.3 Å². The number of ether oxygens (including phenoxy) is 1. The maximum atomic E-state index is 12.7. The molecule has 1 aromatic carbocycles. The van der Waals surface area contributed by atoms with Crippen molar-refractivity contribution in [3.05, 3.63) is 51.9 Å². The average Bonchev–Trinajstić information content (AvgIpc) is 3.18. The quantitative estimate of drug-likeness (QED) is 0.908. The van der Waals surface area contributed by atoms with Gasteiger partial charge in [-0.25, -0.2) is 0 Å². The number of aromatic amines is 1. The Morgan fingerprint density at radius 3 is 2.67 bits per heavy atom. The van der Waals surface area contributed by atoms with Crippen LogP contribution in [-0.2, 0) is 11.8 Å². The average molecular weight is 327 g/mol. The summed E-state index contributed by atoms with van der Waals surface area (Å²) < 4.78 is 7.52. The molecule has 6 heteroatoms. The zero-order chi connectivity index (χ0) is 17.0. The molecule has 1 N–H and O–H groups in total. The molecule has 4 atom stereocenters. The van der Waals surface area contributed by atoms with Gasteiger partial charge in [-0.3, -0.25) is 19.4 Å². The van der Waals surface area contributed by atoms with Crippen LogP contribution in [0, 0.1) is 5.92 Å². The predicted octanol–water partition coefficient (Wildman–Crippen LogP) is 1.45. The van der Waals surface area contributed by atoms with Gasteiger partial charge in [0.05, 0.1) is 5.69 Å². The molecule has 4 unspecified atom stereocenters. The highest BCUT2D eigenvalue weighted by molar-refractivity contribution is 5.80. The lowest BCUT2D eigenvalue weighted by Gasteiger charge is -2.26. The van der Waals surface area contributed by atoms with E-state index in [-0.39, 0.29) is 35.3 Å². The first-order chi connectivity index (χ1) is 11.5. The molecule has 1 aromatic heterocycles. The Kier molecular flexibility index (Phi) is 3.30. The monoisotopic (exact) mass is 327 g/mol. The van der Waals surface area contributed by atoms with Gasteiger partial charge in [-0.1, -0.05) is 30.3 Å². The van der Waals surface area contributed by atoms with E-state index in [9.17, 15) is 9.59 Å². The highest BCUT2D eigenvalue weighted by Crippen LogP contribution is 2.54. The molecular formula is C18H21N3O3. The lowest BCUT2D eigenvalue weighted by Crippen LogP contribution is -2.34. The highest BCUT2D eigenvalue weighted by atomic mass is 16.5. The fourth-order valence-corrected chi connectivity index (χ4v) is 4.21. The molecule has 0 saturated heterocycles. The third-order valence-corrected chi connectivity index (χ3v) is 5.29. The van der Waals surface area contributed by atoms with Crippen molar-refractivity contribution in [2.45, 2.75) is 24.4 Å². The zero-order valence-electron chi connectivity index (χ0n) is 14.0. The first-order valence-electron chi connectivity index (χ1n) is 8.20. The number of amides is 1. The molecular weight excluding hydrogens is 306 g/mol. The number of H-pyrrole nitrogens is 1. The standard InChI is InChI=1S/C18H21N3O3/c1-20(2)17(22)11-9-12-14-16(18(23)21(3)19-14)24-15(12)13(11)10-7-5-4-6-8-10/h4-8,11-13,15,19H,9H2,1-3H3. The van der Waals surface area contributed by atoms with E-state index < -0.39 is 0 Å². The Morgan fingerprint density at radius 2 is 2.00 bits per heavy atom. The van der Waals surface area contributed by atoms with Gasteiger partial charge in [-0.05, 0) is 12.0 Å². The van der Waals surface area contributed by atoms with Gasteiger partial charge < -0.3 is 9.64 Å². The summed E-state index contributed by atoms with van der Waals surface area (Å²) in [6, 6.07) is 10.0. The van der Waals surface area contributed by atoms with Gasteiger partial charge >= 0.3 is 5.56 Å². The molecule has 126 valence electrons. The largest absolute Gasteiger partial charge is 0.482 e. The van der Waals surface area contributed by atoms with E-state index in [1.165, 1.54) is 4.68 Å². The van der Waals surface area contributed by atoms with Crippen molar-refractivity contribution in [2.24, 2.45) is 13.0 Å². The van der Waals surface area contributed by atoms with E-state index in [4.69, 9.17) is 4.74 Å². The first-order valence-corrected chi connectivity index (χ1v) is 8.20. The summed E-state index contributed by atoms with van der Waals surface area (Å²) in [4.78, 5) is 26.6. The van der Waals surface area contributed by atoms with Crippen LogP contribution in [0.25, 0.3) is 0 Å². The van der Waals surface area contributed by atoms with Crippen molar-refractivity contribution in [3.8, 4) is 5.75 Å². The van der Waals surface area contributed by atoms with Gasteiger partial charge in [-0.15, -0.1) is 0 Å². The minimum atomic E-state index is -0.170. The minimum absolute atomic E-state index is 0.0448. The molecule has 6 nitrogen and oxygen atoms in total. The Labute approximate surface area is 140 Å². The van der Waals surface area contributed by atoms with Crippen molar-refractivity contribution in [1.82, 2.24) is 14.7 Å². The van der Waals surface area contributed by atoms with E-state index in [1.54, 1.807) is 26.0 Å². The Morgan fingerprint density at radius 1 is 1.29 bits per heavy atom. The van der Waals surface area contributed by atoms with Crippen LogP contribution in [0.3, 0.4) is 0 Å². The van der Waals surface area contributed by atoms with E-state index >= 15 is 0 Å². The van der Waals surface area contributed by atoms with Gasteiger partial charge in [0.25, 0.3) is 0 Å². The Bertz CT molecular complexity index is 837. The second-order valence-corrected chi connectivity index (χ2v) is 6.92. The molecule has 1 amide bonds. The Balaban J connectivity index is 1.78. The summed E-state index contributed by atoms with van der Waals surface area (Å²) >= 11 is 0. The zero-order valence-corrected chi connectivity index (χ0v) is 14.0. The van der Waals surface area contributed by atoms with Crippen LogP contribution in [0.15, 0.2) is 35.1 Å². The third kappa shape index (κ3) is 2.02. The second-order valence-electron chi connectivity index (χ2n) is 6.92. The fourth-order valence-electron chi connectivity index (χ4n) is 4.21. The van der Waals surface area contributed by atoms with Crippen molar-refractivity contribution in [3.63, 3.8) is 0 Å². The molecule has 1 fully saturated rings. The molecule has 2 heterocycles. The summed E-state index contributed by atoms with van der Waals surface area (Å²) in [5.74, 6) is 0.393. The highest BCUT2D eigenvalue weighted by Gasteiger charge is 2.54. The van der Waals surface area contributed by atoms with Crippen molar-refractivity contribution in [1.29, 1.82) is 0 Å². The van der Waals surface area contributed by atoms with Gasteiger partial charge in [0.15, 0.2) is 0 Å². The van der Waals surface area contributed by atoms with Crippen LogP contribution < -0.4 is 10.3 Å². The number of benzene rings is 1. The molecule has 0 radical (unpaired) electrons. The van der Waals surface area contributed by atoms with Crippen molar-refractivity contribution < 1.29 is 9.53 Å². The predicted molar refractivity (Wildman–Crippen MR) is 89.2 cm³/mol. The van der Waals surface area contributed by atoms with E-state index in [2.05, 4.69) is 5.10 Å². The fraction of sp³-hybridized carbons (Fsp3) is 0.444. The van der Waals surface area contributed by atoms with Crippen LogP contribution in [0.1, 0.15) is 29.5 Å². The number of nitrogens with zero attached hydrogens (tertiary/aromatic N) is 2. The molecule has 4 rings (SSSR count). The number of carbonyl (C=O) groups excluding carboxylic acids is 1. The van der Waals surface area contributed by atoms with E-state index in [0.29, 0.717) is 12.2 Å². The van der Waals surface area contributed by atoms with Crippen LogP contribution in [0.5, 0.6) is 5.75 Å². The maximum absolute atomic E-state index is 12.7. The number of carbonyl (C=O) groups is 1. The SMILES string of the molecule is CN(C)C(=O)C1CC2c3[nH]n(C)c(=O)c3OC2C1c1ccccc1. The van der Waals surface area contributed by atoms with Crippen molar-refractivity contribution in [2.75, 3.05) is 14.1 Å². The molecule has 0 bridgehead atoms. The number of fused-ring (bicyclic) bond motifs is 3. The molecule has 2 aliphatic rings. The van der Waals surface area contributed by atoms with Crippen LogP contribution in [0.2, 0.25) is 0 Å². The number of rotatable bonds is 2. The van der Waals surface area contributed by atoms with Gasteiger partial charge in [0.1, 0.15) is 6.10 Å². The van der Waals surface area contributed by atoms with Crippen LogP contribution >= 0.6 is 0 Å². The molecule has 0 spiro atoms. The first kappa shape index (κ1) is 15.1. The smallest absolute Gasteiger partial charge is 0.308 e. The summed E-state index contributed by atoms with van der Waals surface area (Å²) in [6.07, 6.45) is 0.519.